The molecule has 0 saturated carbocycles. The molecule has 5 nitrogen and oxygen atoms in total. The molecule has 0 aromatic heterocycles. The molecule has 1 fully saturated rings. The predicted octanol–water partition coefficient (Wildman–Crippen LogP) is 0.0840. The highest BCUT2D eigenvalue weighted by Crippen LogP contribution is 2.11. The third kappa shape index (κ3) is 6.06. The summed E-state index contributed by atoms with van der Waals surface area (Å²) in [6.45, 7) is 4.59. The van der Waals surface area contributed by atoms with Crippen molar-refractivity contribution >= 4 is 0 Å². The summed E-state index contributed by atoms with van der Waals surface area (Å²) >= 11 is 0. The third-order valence-corrected chi connectivity index (χ3v) is 2.20. The van der Waals surface area contributed by atoms with E-state index < -0.39 is 6.10 Å². The van der Waals surface area contributed by atoms with E-state index in [-0.39, 0.29) is 6.10 Å². The highest BCUT2D eigenvalue weighted by atomic mass is 16.6. The minimum atomic E-state index is -0.530. The molecule has 2 N–H and O–H groups in total. The first kappa shape index (κ1) is 12.9. The Bertz CT molecular complexity index is 150. The van der Waals surface area contributed by atoms with Crippen LogP contribution in [0.15, 0.2) is 0 Å². The largest absolute Gasteiger partial charge is 0.389 e. The van der Waals surface area contributed by atoms with E-state index in [0.717, 1.165) is 19.4 Å². The first-order valence-electron chi connectivity index (χ1n) is 5.55. The molecule has 1 heterocycles. The van der Waals surface area contributed by atoms with Gasteiger partial charge in [0.2, 0.25) is 0 Å². The second-order valence-corrected chi connectivity index (χ2v) is 3.61. The quantitative estimate of drug-likeness (QED) is 0.447. The lowest BCUT2D eigenvalue weighted by atomic mass is 10.2. The summed E-state index contributed by atoms with van der Waals surface area (Å²) in [4.78, 5) is 4.89. The molecule has 1 aliphatic heterocycles. The second kappa shape index (κ2) is 8.01. The van der Waals surface area contributed by atoms with Crippen LogP contribution in [0.2, 0.25) is 0 Å². The van der Waals surface area contributed by atoms with Gasteiger partial charge in [0, 0.05) is 13.2 Å². The molecule has 5 heteroatoms. The molecule has 0 radical (unpaired) electrons. The van der Waals surface area contributed by atoms with Gasteiger partial charge in [-0.05, 0) is 19.8 Å². The Morgan fingerprint density at radius 3 is 3.13 bits per heavy atom. The number of rotatable bonds is 8. The summed E-state index contributed by atoms with van der Waals surface area (Å²) < 4.78 is 10.7. The minimum absolute atomic E-state index is 0.219. The zero-order valence-corrected chi connectivity index (χ0v) is 9.28. The summed E-state index contributed by atoms with van der Waals surface area (Å²) in [5.41, 5.74) is 2.65. The van der Waals surface area contributed by atoms with Gasteiger partial charge in [-0.3, -0.25) is 0 Å². The molecule has 0 aromatic carbocycles. The van der Waals surface area contributed by atoms with Crippen LogP contribution in [0.4, 0.5) is 0 Å². The Labute approximate surface area is 90.7 Å². The van der Waals surface area contributed by atoms with Crippen molar-refractivity contribution in [3.63, 3.8) is 0 Å². The average molecular weight is 219 g/mol. The van der Waals surface area contributed by atoms with Crippen molar-refractivity contribution in [2.24, 2.45) is 0 Å². The molecule has 1 saturated heterocycles. The van der Waals surface area contributed by atoms with Crippen molar-refractivity contribution < 1.29 is 19.4 Å². The average Bonchev–Trinajstić information content (AvgIpc) is 2.71. The van der Waals surface area contributed by atoms with E-state index in [4.69, 9.17) is 14.3 Å². The highest BCUT2D eigenvalue weighted by molar-refractivity contribution is 4.64. The molecule has 0 aromatic rings. The van der Waals surface area contributed by atoms with Crippen molar-refractivity contribution in [1.82, 2.24) is 5.48 Å². The van der Waals surface area contributed by atoms with Gasteiger partial charge in [0.25, 0.3) is 0 Å². The van der Waals surface area contributed by atoms with Crippen LogP contribution in [0, 0.1) is 0 Å². The highest BCUT2D eigenvalue weighted by Gasteiger charge is 2.15. The fraction of sp³-hybridized carbons (Fsp3) is 1.00. The molecule has 2 unspecified atom stereocenters. The maximum Gasteiger partial charge on any atom is 0.0920 e. The maximum atomic E-state index is 9.44. The summed E-state index contributed by atoms with van der Waals surface area (Å²) in [6, 6.07) is 0. The number of ether oxygens (including phenoxy) is 2. The first-order chi connectivity index (χ1) is 7.33. The van der Waals surface area contributed by atoms with Crippen LogP contribution in [0.5, 0.6) is 0 Å². The van der Waals surface area contributed by atoms with Crippen LogP contribution in [-0.4, -0.2) is 50.3 Å². The Kier molecular flexibility index (Phi) is 6.87. The van der Waals surface area contributed by atoms with Gasteiger partial charge in [0.15, 0.2) is 0 Å². The topological polar surface area (TPSA) is 60.0 Å². The van der Waals surface area contributed by atoms with E-state index in [2.05, 4.69) is 5.48 Å². The lowest BCUT2D eigenvalue weighted by molar-refractivity contribution is -0.0348. The molecule has 1 aliphatic rings. The fourth-order valence-electron chi connectivity index (χ4n) is 1.43. The van der Waals surface area contributed by atoms with Gasteiger partial charge >= 0.3 is 0 Å². The van der Waals surface area contributed by atoms with E-state index in [9.17, 15) is 5.11 Å². The van der Waals surface area contributed by atoms with E-state index >= 15 is 0 Å². The number of hydrogen-bond donors (Lipinski definition) is 2. The van der Waals surface area contributed by atoms with Gasteiger partial charge in [-0.15, -0.1) is 0 Å². The molecule has 0 aliphatic carbocycles. The zero-order chi connectivity index (χ0) is 10.9. The van der Waals surface area contributed by atoms with E-state index in [1.807, 2.05) is 6.92 Å². The maximum absolute atomic E-state index is 9.44. The number of nitrogens with one attached hydrogen (secondary N) is 1. The Morgan fingerprint density at radius 1 is 1.60 bits per heavy atom. The standard InChI is InChI=1S/C10H21NO4/c1-2-15-11-6-9(12)7-13-8-10-4-3-5-14-10/h9-12H,2-8H2,1H3. The van der Waals surface area contributed by atoms with E-state index in [1.54, 1.807) is 0 Å². The van der Waals surface area contributed by atoms with Crippen LogP contribution in [0.3, 0.4) is 0 Å². The number of hydroxylamine groups is 1. The summed E-state index contributed by atoms with van der Waals surface area (Å²) in [5, 5.41) is 9.44. The van der Waals surface area contributed by atoms with Gasteiger partial charge in [-0.1, -0.05) is 0 Å². The van der Waals surface area contributed by atoms with Crippen molar-refractivity contribution in [3.05, 3.63) is 0 Å². The van der Waals surface area contributed by atoms with Crippen molar-refractivity contribution in [2.75, 3.05) is 33.0 Å². The summed E-state index contributed by atoms with van der Waals surface area (Å²) in [7, 11) is 0. The number of aliphatic hydroxyl groups is 1. The van der Waals surface area contributed by atoms with E-state index in [1.165, 1.54) is 0 Å². The van der Waals surface area contributed by atoms with Crippen LogP contribution >= 0.6 is 0 Å². The normalized spacial score (nSPS) is 23.2. The van der Waals surface area contributed by atoms with Gasteiger partial charge in [-0.25, -0.2) is 0 Å². The molecular formula is C10H21NO4. The third-order valence-electron chi connectivity index (χ3n) is 2.20. The Morgan fingerprint density at radius 2 is 2.47 bits per heavy atom. The van der Waals surface area contributed by atoms with Gasteiger partial charge in [0.1, 0.15) is 0 Å². The van der Waals surface area contributed by atoms with E-state index in [0.29, 0.717) is 26.4 Å². The SMILES string of the molecule is CCONCC(O)COCC1CCCO1. The van der Waals surface area contributed by atoms with Crippen molar-refractivity contribution in [1.29, 1.82) is 0 Å². The molecule has 0 amide bonds. The van der Waals surface area contributed by atoms with Crippen molar-refractivity contribution in [3.8, 4) is 0 Å². The van der Waals surface area contributed by atoms with Crippen LogP contribution in [0.1, 0.15) is 19.8 Å². The minimum Gasteiger partial charge on any atom is -0.389 e. The molecule has 0 bridgehead atoms. The molecule has 2 atom stereocenters. The lowest BCUT2D eigenvalue weighted by Crippen LogP contribution is -2.31. The molecular weight excluding hydrogens is 198 g/mol. The molecule has 90 valence electrons. The van der Waals surface area contributed by atoms with Gasteiger partial charge in [0.05, 0.1) is 32.0 Å². The number of hydrogen-bond acceptors (Lipinski definition) is 5. The lowest BCUT2D eigenvalue weighted by Gasteiger charge is -2.14. The first-order valence-corrected chi connectivity index (χ1v) is 5.55. The number of aliphatic hydroxyl groups excluding tert-OH is 1. The van der Waals surface area contributed by atoms with Gasteiger partial charge < -0.3 is 19.4 Å². The van der Waals surface area contributed by atoms with Crippen LogP contribution in [-0.2, 0) is 14.3 Å². The molecule has 1 rings (SSSR count). The fourth-order valence-corrected chi connectivity index (χ4v) is 1.43. The Balaban J connectivity index is 1.89. The van der Waals surface area contributed by atoms with Gasteiger partial charge in [-0.2, -0.15) is 5.48 Å². The summed E-state index contributed by atoms with van der Waals surface area (Å²) in [6.07, 6.45) is 1.87. The monoisotopic (exact) mass is 219 g/mol. The van der Waals surface area contributed by atoms with Crippen LogP contribution in [0.25, 0.3) is 0 Å². The molecule has 15 heavy (non-hydrogen) atoms. The zero-order valence-electron chi connectivity index (χ0n) is 9.28. The summed E-state index contributed by atoms with van der Waals surface area (Å²) in [5.74, 6) is 0. The predicted molar refractivity (Wildman–Crippen MR) is 55.4 cm³/mol. The van der Waals surface area contributed by atoms with Crippen molar-refractivity contribution in [2.45, 2.75) is 32.0 Å². The second-order valence-electron chi connectivity index (χ2n) is 3.61. The van der Waals surface area contributed by atoms with Crippen LogP contribution < -0.4 is 5.48 Å². The Hall–Kier alpha value is -0.200. The smallest absolute Gasteiger partial charge is 0.0920 e. The molecule has 0 spiro atoms.